The summed E-state index contributed by atoms with van der Waals surface area (Å²) >= 11 is 0. The molecule has 0 amide bonds. The normalized spacial score (nSPS) is 24.2. The number of nitrogens with one attached hydrogen (secondary N) is 1. The van der Waals surface area contributed by atoms with Crippen LogP contribution in [0.4, 0.5) is 0 Å². The molecule has 0 saturated heterocycles. The maximum absolute atomic E-state index is 3.58. The smallest absolute Gasteiger partial charge is 0.00760 e. The van der Waals surface area contributed by atoms with E-state index in [4.69, 9.17) is 0 Å². The maximum Gasteiger partial charge on any atom is 0.00760 e. The lowest BCUT2D eigenvalue weighted by molar-refractivity contribution is 0.235. The van der Waals surface area contributed by atoms with Gasteiger partial charge in [-0.15, -0.1) is 0 Å². The van der Waals surface area contributed by atoms with Crippen LogP contribution in [0.3, 0.4) is 0 Å². The van der Waals surface area contributed by atoms with Gasteiger partial charge in [0.15, 0.2) is 0 Å². The van der Waals surface area contributed by atoms with Gasteiger partial charge in [0.1, 0.15) is 0 Å². The van der Waals surface area contributed by atoms with Crippen molar-refractivity contribution >= 4 is 0 Å². The van der Waals surface area contributed by atoms with Crippen molar-refractivity contribution in [2.75, 3.05) is 20.1 Å². The maximum atomic E-state index is 3.58. The Morgan fingerprint density at radius 3 is 2.57 bits per heavy atom. The number of nitrogens with zero attached hydrogens (tertiary/aromatic N) is 1. The average Bonchev–Trinajstić information content (AvgIpc) is 2.97. The minimum absolute atomic E-state index is 0.752. The Kier molecular flexibility index (Phi) is 3.45. The van der Waals surface area contributed by atoms with Crippen LogP contribution in [0.25, 0.3) is 0 Å². The lowest BCUT2D eigenvalue weighted by Gasteiger charge is -2.24. The topological polar surface area (TPSA) is 15.3 Å². The van der Waals surface area contributed by atoms with Crippen LogP contribution in [0.2, 0.25) is 0 Å². The third kappa shape index (κ3) is 3.58. The van der Waals surface area contributed by atoms with Crippen molar-refractivity contribution in [2.24, 2.45) is 5.92 Å². The highest BCUT2D eigenvalue weighted by Gasteiger charge is 2.25. The van der Waals surface area contributed by atoms with E-state index in [9.17, 15) is 0 Å². The summed E-state index contributed by atoms with van der Waals surface area (Å²) in [6, 6.07) is 1.62. The molecule has 2 nitrogen and oxygen atoms in total. The molecule has 2 saturated carbocycles. The van der Waals surface area contributed by atoms with Gasteiger partial charge in [-0.05, 0) is 58.5 Å². The first-order valence-electron chi connectivity index (χ1n) is 6.19. The van der Waals surface area contributed by atoms with Gasteiger partial charge in [-0.2, -0.15) is 0 Å². The molecule has 0 aliphatic heterocycles. The summed E-state index contributed by atoms with van der Waals surface area (Å²) in [5, 5.41) is 3.58. The van der Waals surface area contributed by atoms with E-state index in [0.29, 0.717) is 0 Å². The van der Waals surface area contributed by atoms with E-state index >= 15 is 0 Å². The fraction of sp³-hybridized carbons (Fsp3) is 1.00. The molecule has 2 aliphatic carbocycles. The molecule has 2 rings (SSSR count). The number of hydrogen-bond donors (Lipinski definition) is 1. The molecule has 0 heterocycles. The molecule has 0 aromatic heterocycles. The van der Waals surface area contributed by atoms with Crippen molar-refractivity contribution in [3.63, 3.8) is 0 Å². The zero-order valence-corrected chi connectivity index (χ0v) is 9.63. The molecule has 2 aliphatic rings. The summed E-state index contributed by atoms with van der Waals surface area (Å²) in [6.45, 7) is 4.89. The summed E-state index contributed by atoms with van der Waals surface area (Å²) < 4.78 is 0. The Morgan fingerprint density at radius 1 is 1.29 bits per heavy atom. The summed E-state index contributed by atoms with van der Waals surface area (Å²) in [5.41, 5.74) is 0. The molecule has 2 fully saturated rings. The molecule has 0 bridgehead atoms. The second-order valence-corrected chi connectivity index (χ2v) is 5.25. The van der Waals surface area contributed by atoms with Gasteiger partial charge in [-0.3, -0.25) is 0 Å². The molecule has 2 heteroatoms. The largest absolute Gasteiger partial charge is 0.314 e. The SMILES string of the molecule is CC(CCNC1CC1)N(C)CC1CC1. The van der Waals surface area contributed by atoms with Crippen molar-refractivity contribution < 1.29 is 0 Å². The first-order valence-corrected chi connectivity index (χ1v) is 6.19. The second-order valence-electron chi connectivity index (χ2n) is 5.25. The molecule has 1 atom stereocenters. The van der Waals surface area contributed by atoms with Crippen LogP contribution in [0.1, 0.15) is 39.0 Å². The molecular weight excluding hydrogens is 172 g/mol. The molecule has 0 aromatic rings. The van der Waals surface area contributed by atoms with Crippen LogP contribution in [-0.2, 0) is 0 Å². The highest BCUT2D eigenvalue weighted by atomic mass is 15.1. The van der Waals surface area contributed by atoms with Gasteiger partial charge in [0.05, 0.1) is 0 Å². The van der Waals surface area contributed by atoms with E-state index in [1.54, 1.807) is 0 Å². The van der Waals surface area contributed by atoms with E-state index in [1.807, 2.05) is 0 Å². The third-order valence-electron chi connectivity index (χ3n) is 3.57. The Hall–Kier alpha value is -0.0800. The zero-order valence-electron chi connectivity index (χ0n) is 9.63. The number of rotatable bonds is 7. The van der Waals surface area contributed by atoms with Crippen molar-refractivity contribution in [2.45, 2.75) is 51.1 Å². The van der Waals surface area contributed by atoms with Gasteiger partial charge >= 0.3 is 0 Å². The summed E-state index contributed by atoms with van der Waals surface area (Å²) in [5.74, 6) is 1.03. The molecule has 0 aromatic carbocycles. The van der Waals surface area contributed by atoms with E-state index in [-0.39, 0.29) is 0 Å². The van der Waals surface area contributed by atoms with Crippen LogP contribution in [0, 0.1) is 5.92 Å². The molecule has 0 spiro atoms. The fourth-order valence-corrected chi connectivity index (χ4v) is 1.89. The Labute approximate surface area is 88.1 Å². The van der Waals surface area contributed by atoms with Crippen LogP contribution < -0.4 is 5.32 Å². The molecule has 1 N–H and O–H groups in total. The van der Waals surface area contributed by atoms with E-state index in [0.717, 1.165) is 18.0 Å². The van der Waals surface area contributed by atoms with Crippen molar-refractivity contribution in [3.05, 3.63) is 0 Å². The summed E-state index contributed by atoms with van der Waals surface area (Å²) in [4.78, 5) is 2.53. The van der Waals surface area contributed by atoms with Crippen molar-refractivity contribution in [3.8, 4) is 0 Å². The lowest BCUT2D eigenvalue weighted by Crippen LogP contribution is -2.34. The fourth-order valence-electron chi connectivity index (χ4n) is 1.89. The van der Waals surface area contributed by atoms with Crippen LogP contribution >= 0.6 is 0 Å². The highest BCUT2D eigenvalue weighted by Crippen LogP contribution is 2.29. The molecule has 0 radical (unpaired) electrons. The first-order chi connectivity index (χ1) is 6.75. The quantitative estimate of drug-likeness (QED) is 0.668. The predicted octanol–water partition coefficient (Wildman–Crippen LogP) is 1.86. The van der Waals surface area contributed by atoms with Gasteiger partial charge in [0, 0.05) is 18.6 Å². The van der Waals surface area contributed by atoms with E-state index in [1.165, 1.54) is 45.2 Å². The molecule has 82 valence electrons. The van der Waals surface area contributed by atoms with Gasteiger partial charge in [0.25, 0.3) is 0 Å². The van der Waals surface area contributed by atoms with Crippen LogP contribution in [-0.4, -0.2) is 37.1 Å². The molecular formula is C12H24N2. The first kappa shape index (κ1) is 10.4. The third-order valence-corrected chi connectivity index (χ3v) is 3.57. The van der Waals surface area contributed by atoms with Crippen LogP contribution in [0.5, 0.6) is 0 Å². The Bertz CT molecular complexity index is 173. The summed E-state index contributed by atoms with van der Waals surface area (Å²) in [7, 11) is 2.28. The van der Waals surface area contributed by atoms with Gasteiger partial charge in [0.2, 0.25) is 0 Å². The highest BCUT2D eigenvalue weighted by molar-refractivity contribution is 4.82. The lowest BCUT2D eigenvalue weighted by atomic mass is 10.2. The number of hydrogen-bond acceptors (Lipinski definition) is 2. The van der Waals surface area contributed by atoms with E-state index < -0.39 is 0 Å². The molecule has 1 unspecified atom stereocenters. The predicted molar refractivity (Wildman–Crippen MR) is 60.5 cm³/mol. The Balaban J connectivity index is 1.52. The minimum atomic E-state index is 0.752. The standard InChI is InChI=1S/C12H24N2/c1-10(7-8-13-12-5-6-12)14(2)9-11-3-4-11/h10-13H,3-9H2,1-2H3. The van der Waals surface area contributed by atoms with Crippen molar-refractivity contribution in [1.82, 2.24) is 10.2 Å². The van der Waals surface area contributed by atoms with Crippen molar-refractivity contribution in [1.29, 1.82) is 0 Å². The average molecular weight is 196 g/mol. The monoisotopic (exact) mass is 196 g/mol. The second kappa shape index (κ2) is 4.63. The summed E-state index contributed by atoms with van der Waals surface area (Å²) in [6.07, 6.45) is 7.06. The zero-order chi connectivity index (χ0) is 9.97. The van der Waals surface area contributed by atoms with E-state index in [2.05, 4.69) is 24.2 Å². The Morgan fingerprint density at radius 2 is 2.00 bits per heavy atom. The van der Waals surface area contributed by atoms with Gasteiger partial charge in [-0.1, -0.05) is 0 Å². The molecule has 14 heavy (non-hydrogen) atoms. The van der Waals surface area contributed by atoms with Gasteiger partial charge < -0.3 is 10.2 Å². The van der Waals surface area contributed by atoms with Gasteiger partial charge in [-0.25, -0.2) is 0 Å². The minimum Gasteiger partial charge on any atom is -0.314 e. The van der Waals surface area contributed by atoms with Crippen LogP contribution in [0.15, 0.2) is 0 Å².